The molecule has 0 saturated heterocycles. The summed E-state index contributed by atoms with van der Waals surface area (Å²) in [5.74, 6) is 0. The topological polar surface area (TPSA) is 15.3 Å². The molecule has 1 fully saturated rings. The number of benzene rings is 5. The minimum Gasteiger partial charge on any atom is -0.355 e. The second-order valence-electron chi connectivity index (χ2n) is 21.4. The van der Waals surface area contributed by atoms with Crippen LogP contribution in [0.3, 0.4) is 0 Å². The molecule has 2 aliphatic heterocycles. The Labute approximate surface area is 339 Å². The third-order valence-electron chi connectivity index (χ3n) is 14.2. The Kier molecular flexibility index (Phi) is 8.89. The molecule has 0 spiro atoms. The maximum absolute atomic E-state index is 3.99. The van der Waals surface area contributed by atoms with Crippen LogP contribution in [0.4, 0.5) is 22.7 Å². The highest BCUT2D eigenvalue weighted by atomic mass is 15.3. The molecular weight excluding hydrogens is 675 g/mol. The molecule has 8 rings (SSSR count). The van der Waals surface area contributed by atoms with Gasteiger partial charge in [0.05, 0.1) is 5.54 Å². The van der Waals surface area contributed by atoms with E-state index in [1.165, 1.54) is 109 Å². The van der Waals surface area contributed by atoms with Gasteiger partial charge in [-0.25, -0.2) is 0 Å². The van der Waals surface area contributed by atoms with E-state index >= 15 is 0 Å². The van der Waals surface area contributed by atoms with Crippen LogP contribution < -0.4 is 21.1 Å². The van der Waals surface area contributed by atoms with E-state index in [0.29, 0.717) is 0 Å². The SMILES string of the molecule is Cc1cc(C)c(-c2cc(-c3ccc(C(C)(C)C)cc3Nc3ccc(C(C)(C)C)cc3)c3c(c2)N2c4c(cc(C(C)(C)C)cc4C4(C)CCCCC24C)B3)c(C)c1. The lowest BCUT2D eigenvalue weighted by Gasteiger charge is -2.51. The number of nitrogens with zero attached hydrogens (tertiary/aromatic N) is 1. The first-order valence-corrected chi connectivity index (χ1v) is 21.4. The zero-order valence-corrected chi connectivity index (χ0v) is 37.0. The predicted molar refractivity (Wildman–Crippen MR) is 247 cm³/mol. The Morgan fingerprint density at radius 3 is 1.86 bits per heavy atom. The van der Waals surface area contributed by atoms with Crippen LogP contribution in [0.1, 0.15) is 141 Å². The lowest BCUT2D eigenvalue weighted by Crippen LogP contribution is -2.57. The summed E-state index contributed by atoms with van der Waals surface area (Å²) in [6, 6.07) is 31.4. The zero-order valence-electron chi connectivity index (χ0n) is 37.0. The van der Waals surface area contributed by atoms with E-state index in [1.54, 1.807) is 5.56 Å². The molecule has 5 aromatic rings. The van der Waals surface area contributed by atoms with E-state index in [9.17, 15) is 0 Å². The van der Waals surface area contributed by atoms with Gasteiger partial charge in [0, 0.05) is 33.7 Å². The maximum atomic E-state index is 3.99. The second-order valence-corrected chi connectivity index (χ2v) is 21.4. The van der Waals surface area contributed by atoms with Crippen molar-refractivity contribution in [2.24, 2.45) is 0 Å². The Morgan fingerprint density at radius 2 is 1.23 bits per heavy atom. The Hall–Kier alpha value is -4.24. The zero-order chi connectivity index (χ0) is 40.3. The molecule has 1 saturated carbocycles. The van der Waals surface area contributed by atoms with Crippen LogP contribution in [0.25, 0.3) is 22.3 Å². The molecule has 0 aromatic heterocycles. The summed E-state index contributed by atoms with van der Waals surface area (Å²) in [6.07, 6.45) is 4.99. The lowest BCUT2D eigenvalue weighted by atomic mass is 9.57. The summed E-state index contributed by atoms with van der Waals surface area (Å²) >= 11 is 0. The van der Waals surface area contributed by atoms with Gasteiger partial charge in [-0.2, -0.15) is 0 Å². The molecule has 0 bridgehead atoms. The quantitative estimate of drug-likeness (QED) is 0.185. The Morgan fingerprint density at radius 1 is 0.625 bits per heavy atom. The highest BCUT2D eigenvalue weighted by Crippen LogP contribution is 2.61. The molecule has 2 unspecified atom stereocenters. The lowest BCUT2D eigenvalue weighted by molar-refractivity contribution is 0.195. The van der Waals surface area contributed by atoms with Gasteiger partial charge in [0.1, 0.15) is 0 Å². The molecule has 2 heterocycles. The summed E-state index contributed by atoms with van der Waals surface area (Å²) in [4.78, 5) is 2.87. The molecule has 3 heteroatoms. The monoisotopic (exact) mass is 741 g/mol. The van der Waals surface area contributed by atoms with Crippen molar-refractivity contribution in [3.8, 4) is 22.3 Å². The van der Waals surface area contributed by atoms with Crippen LogP contribution in [-0.2, 0) is 21.7 Å². The normalized spacial score (nSPS) is 20.3. The molecule has 2 nitrogen and oxygen atoms in total. The van der Waals surface area contributed by atoms with Gasteiger partial charge in [0.2, 0.25) is 0 Å². The summed E-state index contributed by atoms with van der Waals surface area (Å²) in [5.41, 5.74) is 23.4. The van der Waals surface area contributed by atoms with E-state index < -0.39 is 0 Å². The number of anilines is 4. The van der Waals surface area contributed by atoms with Crippen LogP contribution in [0.15, 0.2) is 78.9 Å². The number of hydrogen-bond donors (Lipinski definition) is 1. The molecule has 290 valence electrons. The Balaban J connectivity index is 1.43. The van der Waals surface area contributed by atoms with Crippen LogP contribution >= 0.6 is 0 Å². The third-order valence-corrected chi connectivity index (χ3v) is 14.2. The van der Waals surface area contributed by atoms with Gasteiger partial charge in [0.25, 0.3) is 0 Å². The van der Waals surface area contributed by atoms with Crippen LogP contribution in [-0.4, -0.2) is 12.8 Å². The molecule has 5 aromatic carbocycles. The summed E-state index contributed by atoms with van der Waals surface area (Å²) in [7, 11) is 0.923. The van der Waals surface area contributed by atoms with Gasteiger partial charge >= 0.3 is 0 Å². The van der Waals surface area contributed by atoms with E-state index in [2.05, 4.69) is 186 Å². The minimum absolute atomic E-state index is 0.0106. The van der Waals surface area contributed by atoms with Crippen molar-refractivity contribution in [3.05, 3.63) is 118 Å². The molecular formula is C53H65BN2. The van der Waals surface area contributed by atoms with Gasteiger partial charge in [-0.3, -0.25) is 0 Å². The van der Waals surface area contributed by atoms with Gasteiger partial charge < -0.3 is 10.2 Å². The average Bonchev–Trinajstić information content (AvgIpc) is 3.31. The molecule has 0 amide bonds. The van der Waals surface area contributed by atoms with Crippen molar-refractivity contribution < 1.29 is 0 Å². The third kappa shape index (κ3) is 6.15. The van der Waals surface area contributed by atoms with Crippen molar-refractivity contribution in [2.45, 2.75) is 150 Å². The van der Waals surface area contributed by atoms with Crippen molar-refractivity contribution in [3.63, 3.8) is 0 Å². The summed E-state index contributed by atoms with van der Waals surface area (Å²) in [5, 5.41) is 3.99. The largest absolute Gasteiger partial charge is 0.355 e. The fourth-order valence-electron chi connectivity index (χ4n) is 10.7. The molecule has 1 aliphatic carbocycles. The summed E-state index contributed by atoms with van der Waals surface area (Å²) in [6.45, 7) is 33.0. The van der Waals surface area contributed by atoms with Crippen LogP contribution in [0.2, 0.25) is 0 Å². The second kappa shape index (κ2) is 12.9. The van der Waals surface area contributed by atoms with E-state index in [-0.39, 0.29) is 27.2 Å². The number of nitrogens with one attached hydrogen (secondary N) is 1. The van der Waals surface area contributed by atoms with Crippen LogP contribution in [0, 0.1) is 20.8 Å². The number of aryl methyl sites for hydroxylation is 3. The highest BCUT2D eigenvalue weighted by molar-refractivity contribution is 6.73. The molecule has 56 heavy (non-hydrogen) atoms. The van der Waals surface area contributed by atoms with Gasteiger partial charge in [-0.05, 0) is 143 Å². The van der Waals surface area contributed by atoms with Crippen molar-refractivity contribution in [1.82, 2.24) is 0 Å². The van der Waals surface area contributed by atoms with Gasteiger partial charge in [-0.15, -0.1) is 0 Å². The van der Waals surface area contributed by atoms with Crippen molar-refractivity contribution >= 4 is 41.0 Å². The molecule has 2 atom stereocenters. The molecule has 1 N–H and O–H groups in total. The maximum Gasteiger partial charge on any atom is 0.198 e. The standard InChI is InChI=1S/C53H65BN2/c1-32-25-33(2)46(34(3)26-32)35-27-41(40-22-19-37(50(7,8)9)31-44(40)55-39-20-17-36(18-21-39)49(4,5)6)47-45(28-35)56-48-42(52(13)23-15-16-24-53(52,56)14)29-38(51(10,11)12)30-43(48)54-47/h17-22,25-31,54-55H,15-16,23-24H2,1-14H3. The first kappa shape index (κ1) is 38.6. The van der Waals surface area contributed by atoms with Gasteiger partial charge in [-0.1, -0.05) is 142 Å². The smallest absolute Gasteiger partial charge is 0.198 e. The Bertz CT molecular complexity index is 2350. The van der Waals surface area contributed by atoms with E-state index in [1.807, 2.05) is 0 Å². The van der Waals surface area contributed by atoms with Crippen molar-refractivity contribution in [1.29, 1.82) is 0 Å². The first-order valence-electron chi connectivity index (χ1n) is 21.4. The average molecular weight is 741 g/mol. The minimum atomic E-state index is -0.0206. The fourth-order valence-corrected chi connectivity index (χ4v) is 10.7. The number of fused-ring (bicyclic) bond motifs is 5. The molecule has 0 radical (unpaired) electrons. The number of rotatable bonds is 4. The number of hydrogen-bond acceptors (Lipinski definition) is 2. The van der Waals surface area contributed by atoms with E-state index in [4.69, 9.17) is 0 Å². The predicted octanol–water partition coefficient (Wildman–Crippen LogP) is 13.0. The summed E-state index contributed by atoms with van der Waals surface area (Å²) < 4.78 is 0. The van der Waals surface area contributed by atoms with Crippen LogP contribution in [0.5, 0.6) is 0 Å². The first-order chi connectivity index (χ1) is 26.1. The van der Waals surface area contributed by atoms with E-state index in [0.717, 1.165) is 13.0 Å². The highest BCUT2D eigenvalue weighted by Gasteiger charge is 2.59. The van der Waals surface area contributed by atoms with Crippen molar-refractivity contribution in [2.75, 3.05) is 10.2 Å². The molecule has 3 aliphatic rings. The van der Waals surface area contributed by atoms with Gasteiger partial charge in [0.15, 0.2) is 7.28 Å². The fraction of sp³-hybridized carbons (Fsp3) is 0.434.